The lowest BCUT2D eigenvalue weighted by atomic mass is 9.97. The highest BCUT2D eigenvalue weighted by atomic mass is 16.8. The van der Waals surface area contributed by atoms with Gasteiger partial charge in [-0.15, -0.1) is 4.73 Å². The zero-order valence-corrected chi connectivity index (χ0v) is 19.9. The van der Waals surface area contributed by atoms with E-state index in [-0.39, 0.29) is 24.3 Å². The third-order valence-corrected chi connectivity index (χ3v) is 5.90. The highest BCUT2D eigenvalue weighted by Crippen LogP contribution is 2.45. The summed E-state index contributed by atoms with van der Waals surface area (Å²) < 4.78 is 5.86. The molecule has 0 radical (unpaired) electrons. The van der Waals surface area contributed by atoms with Crippen LogP contribution in [0.4, 0.5) is 10.5 Å². The summed E-state index contributed by atoms with van der Waals surface area (Å²) >= 11 is 0. The normalized spacial score (nSPS) is 14.3. The smallest absolute Gasteiger partial charge is 0.492 e. The van der Waals surface area contributed by atoms with Gasteiger partial charge >= 0.3 is 6.16 Å². The molecular formula is C26H27N3O7. The SMILES string of the molecule is CCCC(=O)NC(C)C(=O)Nc1ccc2c(c1)C(COC(=O)On1c(O)ccc1O)c1ccccc1-2. The molecule has 3 aromatic rings. The third kappa shape index (κ3) is 5.12. The van der Waals surface area contributed by atoms with E-state index in [9.17, 15) is 24.6 Å². The lowest BCUT2D eigenvalue weighted by molar-refractivity contribution is -0.126. The summed E-state index contributed by atoms with van der Waals surface area (Å²) in [6.07, 6.45) is -0.0672. The molecule has 2 amide bonds. The molecule has 0 fully saturated rings. The van der Waals surface area contributed by atoms with Crippen molar-refractivity contribution in [1.29, 1.82) is 0 Å². The van der Waals surface area contributed by atoms with E-state index < -0.39 is 24.0 Å². The number of carbonyl (C=O) groups is 3. The lowest BCUT2D eigenvalue weighted by Crippen LogP contribution is -2.41. The molecule has 2 unspecified atom stereocenters. The van der Waals surface area contributed by atoms with Gasteiger partial charge in [-0.05, 0) is 47.7 Å². The van der Waals surface area contributed by atoms with Crippen LogP contribution in [0.5, 0.6) is 11.8 Å². The number of anilines is 1. The molecule has 0 saturated heterocycles. The average Bonchev–Trinajstić information content (AvgIpc) is 3.34. The van der Waals surface area contributed by atoms with Crippen LogP contribution in [0.2, 0.25) is 0 Å². The van der Waals surface area contributed by atoms with Crippen molar-refractivity contribution < 1.29 is 34.2 Å². The van der Waals surface area contributed by atoms with Gasteiger partial charge in [0, 0.05) is 30.2 Å². The number of hydrogen-bond acceptors (Lipinski definition) is 7. The van der Waals surface area contributed by atoms with Crippen molar-refractivity contribution in [1.82, 2.24) is 10.0 Å². The second-order valence-corrected chi connectivity index (χ2v) is 8.47. The minimum atomic E-state index is -1.11. The van der Waals surface area contributed by atoms with E-state index in [1.807, 2.05) is 43.3 Å². The molecule has 10 heteroatoms. The molecule has 1 heterocycles. The first-order chi connectivity index (χ1) is 17.3. The number of hydrogen-bond donors (Lipinski definition) is 4. The zero-order chi connectivity index (χ0) is 25.8. The molecule has 1 aliphatic rings. The fourth-order valence-corrected chi connectivity index (χ4v) is 4.17. The summed E-state index contributed by atoms with van der Waals surface area (Å²) in [5, 5.41) is 24.8. The predicted molar refractivity (Wildman–Crippen MR) is 131 cm³/mol. The summed E-state index contributed by atoms with van der Waals surface area (Å²) in [5.74, 6) is -1.79. The Balaban J connectivity index is 1.49. The Kier molecular flexibility index (Phi) is 7.14. The van der Waals surface area contributed by atoms with E-state index in [1.165, 1.54) is 0 Å². The molecule has 1 aliphatic carbocycles. The second-order valence-electron chi connectivity index (χ2n) is 8.47. The van der Waals surface area contributed by atoms with Crippen LogP contribution in [-0.4, -0.2) is 45.6 Å². The standard InChI is InChI=1S/C26H27N3O7/c1-3-6-22(30)27-15(2)25(33)28-16-9-10-19-17-7-4-5-8-18(17)21(20(19)13-16)14-35-26(34)36-29-23(31)11-12-24(29)32/h4-5,7-13,15,21,31-32H,3,6,14H2,1-2H3,(H,27,30)(H,28,33). The Morgan fingerprint density at radius 1 is 1.00 bits per heavy atom. The van der Waals surface area contributed by atoms with E-state index in [0.29, 0.717) is 23.3 Å². The number of amides is 2. The molecule has 10 nitrogen and oxygen atoms in total. The van der Waals surface area contributed by atoms with E-state index in [4.69, 9.17) is 9.57 Å². The largest absolute Gasteiger partial charge is 0.534 e. The van der Waals surface area contributed by atoms with Crippen molar-refractivity contribution in [3.63, 3.8) is 0 Å². The molecule has 0 spiro atoms. The van der Waals surface area contributed by atoms with Crippen molar-refractivity contribution in [3.05, 3.63) is 65.7 Å². The van der Waals surface area contributed by atoms with Gasteiger partial charge < -0.3 is 25.6 Å². The molecule has 0 aliphatic heterocycles. The first-order valence-electron chi connectivity index (χ1n) is 11.6. The van der Waals surface area contributed by atoms with E-state index >= 15 is 0 Å². The number of aromatic hydroxyl groups is 2. The number of fused-ring (bicyclic) bond motifs is 3. The fraction of sp³-hybridized carbons (Fsp3) is 0.269. The van der Waals surface area contributed by atoms with Gasteiger partial charge in [-0.25, -0.2) is 4.79 Å². The topological polar surface area (TPSA) is 139 Å². The molecule has 4 N–H and O–H groups in total. The monoisotopic (exact) mass is 493 g/mol. The first-order valence-corrected chi connectivity index (χ1v) is 11.6. The number of nitrogens with one attached hydrogen (secondary N) is 2. The molecule has 0 saturated carbocycles. The van der Waals surface area contributed by atoms with Gasteiger partial charge in [0.1, 0.15) is 12.6 Å². The van der Waals surface area contributed by atoms with Crippen molar-refractivity contribution in [2.24, 2.45) is 0 Å². The van der Waals surface area contributed by atoms with E-state index in [0.717, 1.165) is 34.4 Å². The maximum absolute atomic E-state index is 12.6. The van der Waals surface area contributed by atoms with Crippen LogP contribution in [-0.2, 0) is 14.3 Å². The zero-order valence-electron chi connectivity index (χ0n) is 19.9. The van der Waals surface area contributed by atoms with Crippen molar-refractivity contribution in [3.8, 4) is 22.9 Å². The van der Waals surface area contributed by atoms with Crippen molar-refractivity contribution in [2.45, 2.75) is 38.6 Å². The summed E-state index contributed by atoms with van der Waals surface area (Å²) in [6, 6.07) is 14.8. The van der Waals surface area contributed by atoms with Gasteiger partial charge in [0.15, 0.2) is 0 Å². The highest BCUT2D eigenvalue weighted by Gasteiger charge is 2.30. The van der Waals surface area contributed by atoms with Gasteiger partial charge in [-0.2, -0.15) is 0 Å². The Bertz CT molecular complexity index is 1280. The summed E-state index contributed by atoms with van der Waals surface area (Å²) in [5.41, 5.74) is 4.24. The Morgan fingerprint density at radius 3 is 2.42 bits per heavy atom. The van der Waals surface area contributed by atoms with E-state index in [2.05, 4.69) is 10.6 Å². The fourth-order valence-electron chi connectivity index (χ4n) is 4.17. The van der Waals surface area contributed by atoms with Gasteiger partial charge in [0.2, 0.25) is 23.6 Å². The van der Waals surface area contributed by atoms with Crippen molar-refractivity contribution >= 4 is 23.7 Å². The van der Waals surface area contributed by atoms with Crippen LogP contribution in [0, 0.1) is 0 Å². The molecule has 1 aromatic heterocycles. The van der Waals surface area contributed by atoms with Crippen LogP contribution in [0.15, 0.2) is 54.6 Å². The molecule has 2 atom stereocenters. The minimum absolute atomic E-state index is 0.0769. The van der Waals surface area contributed by atoms with Crippen LogP contribution < -0.4 is 15.5 Å². The van der Waals surface area contributed by atoms with Gasteiger partial charge in [-0.3, -0.25) is 14.4 Å². The Hall–Kier alpha value is -4.47. The molecule has 2 aromatic carbocycles. The molecule has 188 valence electrons. The van der Waals surface area contributed by atoms with Crippen molar-refractivity contribution in [2.75, 3.05) is 11.9 Å². The Labute approximate surface area is 207 Å². The van der Waals surface area contributed by atoms with E-state index in [1.54, 1.807) is 13.0 Å². The maximum Gasteiger partial charge on any atom is 0.534 e. The van der Waals surface area contributed by atoms with Gasteiger partial charge in [0.25, 0.3) is 0 Å². The summed E-state index contributed by atoms with van der Waals surface area (Å²) in [4.78, 5) is 41.5. The molecule has 0 bridgehead atoms. The Morgan fingerprint density at radius 2 is 1.69 bits per heavy atom. The van der Waals surface area contributed by atoms with Gasteiger partial charge in [-0.1, -0.05) is 37.3 Å². The number of ether oxygens (including phenoxy) is 1. The quantitative estimate of drug-likeness (QED) is 0.352. The average molecular weight is 494 g/mol. The number of aromatic nitrogens is 1. The number of carbonyl (C=O) groups excluding carboxylic acids is 3. The van der Waals surface area contributed by atoms with Crippen LogP contribution in [0.25, 0.3) is 11.1 Å². The maximum atomic E-state index is 12.6. The summed E-state index contributed by atoms with van der Waals surface area (Å²) in [7, 11) is 0. The van der Waals surface area contributed by atoms with Crippen LogP contribution in [0.3, 0.4) is 0 Å². The lowest BCUT2D eigenvalue weighted by Gasteiger charge is -2.17. The third-order valence-electron chi connectivity index (χ3n) is 5.90. The molecular weight excluding hydrogens is 466 g/mol. The predicted octanol–water partition coefficient (Wildman–Crippen LogP) is 3.52. The summed E-state index contributed by atoms with van der Waals surface area (Å²) in [6.45, 7) is 3.43. The second kappa shape index (κ2) is 10.4. The molecule has 4 rings (SSSR count). The number of benzene rings is 2. The minimum Gasteiger partial charge on any atom is -0.492 e. The number of nitrogens with zero attached hydrogens (tertiary/aromatic N) is 1. The highest BCUT2D eigenvalue weighted by molar-refractivity contribution is 5.97. The first kappa shape index (κ1) is 24.6. The van der Waals surface area contributed by atoms with Gasteiger partial charge in [0.05, 0.1) is 0 Å². The van der Waals surface area contributed by atoms with Crippen LogP contribution >= 0.6 is 0 Å². The molecule has 36 heavy (non-hydrogen) atoms. The number of rotatable bonds is 8. The van der Waals surface area contributed by atoms with Crippen LogP contribution in [0.1, 0.15) is 43.7 Å².